The minimum absolute atomic E-state index is 0.0586. The number of piperidine rings is 1. The van der Waals surface area contributed by atoms with E-state index >= 15 is 0 Å². The van der Waals surface area contributed by atoms with Crippen LogP contribution < -0.4 is 0 Å². The first-order valence-corrected chi connectivity index (χ1v) is 10.0. The molecule has 1 aromatic carbocycles. The van der Waals surface area contributed by atoms with E-state index in [1.54, 1.807) is 4.68 Å². The molecule has 1 saturated heterocycles. The highest BCUT2D eigenvalue weighted by Gasteiger charge is 2.23. The van der Waals surface area contributed by atoms with Crippen molar-refractivity contribution in [2.45, 2.75) is 26.2 Å². The maximum atomic E-state index is 12.6. The van der Waals surface area contributed by atoms with Crippen molar-refractivity contribution in [2.24, 2.45) is 13.0 Å². The van der Waals surface area contributed by atoms with Crippen molar-refractivity contribution < 1.29 is 4.79 Å². The molecule has 2 heterocycles. The van der Waals surface area contributed by atoms with Gasteiger partial charge in [0.25, 0.3) is 5.91 Å². The van der Waals surface area contributed by atoms with E-state index in [1.807, 2.05) is 44.1 Å². The van der Waals surface area contributed by atoms with Gasteiger partial charge in [0.15, 0.2) is 0 Å². The smallest absolute Gasteiger partial charge is 0.271 e. The van der Waals surface area contributed by atoms with Gasteiger partial charge in [0.2, 0.25) is 0 Å². The summed E-state index contributed by atoms with van der Waals surface area (Å²) >= 11 is 5.95. The van der Waals surface area contributed by atoms with Crippen LogP contribution in [0.4, 0.5) is 0 Å². The van der Waals surface area contributed by atoms with Gasteiger partial charge in [0, 0.05) is 32.2 Å². The van der Waals surface area contributed by atoms with Crippen molar-refractivity contribution in [1.29, 1.82) is 0 Å². The number of benzene rings is 1. The molecule has 1 aromatic heterocycles. The van der Waals surface area contributed by atoms with E-state index in [2.05, 4.69) is 22.1 Å². The lowest BCUT2D eigenvalue weighted by Crippen LogP contribution is -2.40. The van der Waals surface area contributed by atoms with Gasteiger partial charge in [-0.2, -0.15) is 5.10 Å². The third-order valence-corrected chi connectivity index (χ3v) is 5.69. The topological polar surface area (TPSA) is 41.4 Å². The van der Waals surface area contributed by atoms with Crippen LogP contribution in [0.5, 0.6) is 0 Å². The van der Waals surface area contributed by atoms with Gasteiger partial charge < -0.3 is 9.80 Å². The molecule has 6 heteroatoms. The van der Waals surface area contributed by atoms with Crippen molar-refractivity contribution in [3.63, 3.8) is 0 Å². The van der Waals surface area contributed by atoms with Gasteiger partial charge in [-0.1, -0.05) is 23.7 Å². The number of amides is 1. The number of rotatable bonds is 6. The molecule has 27 heavy (non-hydrogen) atoms. The summed E-state index contributed by atoms with van der Waals surface area (Å²) in [5.74, 6) is 0.628. The van der Waals surface area contributed by atoms with Crippen LogP contribution in [0.25, 0.3) is 0 Å². The van der Waals surface area contributed by atoms with Gasteiger partial charge >= 0.3 is 0 Å². The second kappa shape index (κ2) is 8.89. The van der Waals surface area contributed by atoms with E-state index in [-0.39, 0.29) is 5.91 Å². The van der Waals surface area contributed by atoms with Gasteiger partial charge in [-0.3, -0.25) is 9.48 Å². The van der Waals surface area contributed by atoms with Gasteiger partial charge in [-0.15, -0.1) is 0 Å². The first-order chi connectivity index (χ1) is 12.9. The number of hydrogen-bond acceptors (Lipinski definition) is 3. The molecule has 0 atom stereocenters. The maximum absolute atomic E-state index is 12.6. The van der Waals surface area contributed by atoms with Crippen molar-refractivity contribution in [2.75, 3.05) is 33.2 Å². The second-order valence-corrected chi connectivity index (χ2v) is 8.08. The third kappa shape index (κ3) is 5.33. The van der Waals surface area contributed by atoms with Crippen LogP contribution in [0.3, 0.4) is 0 Å². The van der Waals surface area contributed by atoms with E-state index in [0.717, 1.165) is 56.2 Å². The molecule has 146 valence electrons. The Balaban J connectivity index is 1.43. The number of aryl methyl sites for hydroxylation is 2. The molecule has 0 unspecified atom stereocenters. The zero-order valence-corrected chi connectivity index (χ0v) is 17.2. The Labute approximate surface area is 166 Å². The lowest BCUT2D eigenvalue weighted by molar-refractivity contribution is 0.0729. The number of aromatic nitrogens is 2. The Bertz CT molecular complexity index is 763. The third-order valence-electron chi connectivity index (χ3n) is 5.44. The molecule has 5 nitrogen and oxygen atoms in total. The molecule has 1 aliphatic heterocycles. The highest BCUT2D eigenvalue weighted by atomic mass is 35.5. The van der Waals surface area contributed by atoms with Crippen molar-refractivity contribution in [3.05, 3.63) is 52.3 Å². The SMILES string of the molecule is Cc1cc(C(=O)N(C)CC2CCN(CCc3ccc(Cl)cc3)CC2)n(C)n1. The fourth-order valence-corrected chi connectivity index (χ4v) is 3.93. The van der Waals surface area contributed by atoms with Crippen LogP contribution in [-0.2, 0) is 13.5 Å². The van der Waals surface area contributed by atoms with Crippen LogP contribution in [0.2, 0.25) is 5.02 Å². The first-order valence-electron chi connectivity index (χ1n) is 9.65. The van der Waals surface area contributed by atoms with Gasteiger partial charge in [-0.25, -0.2) is 0 Å². The van der Waals surface area contributed by atoms with Crippen LogP contribution in [0.1, 0.15) is 34.6 Å². The van der Waals surface area contributed by atoms with Crippen LogP contribution in [0, 0.1) is 12.8 Å². The molecule has 1 fully saturated rings. The van der Waals surface area contributed by atoms with Crippen molar-refractivity contribution in [3.8, 4) is 0 Å². The van der Waals surface area contributed by atoms with Crippen molar-refractivity contribution >= 4 is 17.5 Å². The highest BCUT2D eigenvalue weighted by Crippen LogP contribution is 2.20. The number of nitrogens with zero attached hydrogens (tertiary/aromatic N) is 4. The molecule has 1 amide bonds. The van der Waals surface area contributed by atoms with Crippen LogP contribution in [0.15, 0.2) is 30.3 Å². The molecular formula is C21H29ClN4O. The summed E-state index contributed by atoms with van der Waals surface area (Å²) in [5.41, 5.74) is 2.87. The number of likely N-dealkylation sites (tertiary alicyclic amines) is 1. The summed E-state index contributed by atoms with van der Waals surface area (Å²) < 4.78 is 1.67. The maximum Gasteiger partial charge on any atom is 0.271 e. The second-order valence-electron chi connectivity index (χ2n) is 7.64. The Morgan fingerprint density at radius 2 is 1.93 bits per heavy atom. The Kier molecular flexibility index (Phi) is 6.55. The number of carbonyl (C=O) groups excluding carboxylic acids is 1. The van der Waals surface area contributed by atoms with E-state index in [0.29, 0.717) is 11.6 Å². The fraction of sp³-hybridized carbons (Fsp3) is 0.524. The molecule has 0 radical (unpaired) electrons. The average molecular weight is 389 g/mol. The molecule has 1 aliphatic rings. The molecule has 0 aliphatic carbocycles. The van der Waals surface area contributed by atoms with E-state index in [9.17, 15) is 4.79 Å². The van der Waals surface area contributed by atoms with Crippen molar-refractivity contribution in [1.82, 2.24) is 19.6 Å². The largest absolute Gasteiger partial charge is 0.340 e. The summed E-state index contributed by atoms with van der Waals surface area (Å²) in [6.45, 7) is 6.01. The standard InChI is InChI=1S/C21H29ClN4O/c1-16-14-20(25(3)23-16)21(27)24(2)15-18-9-12-26(13-10-18)11-8-17-4-6-19(22)7-5-17/h4-7,14,18H,8-13,15H2,1-3H3. The molecule has 0 saturated carbocycles. The summed E-state index contributed by atoms with van der Waals surface area (Å²) in [7, 11) is 3.73. The minimum Gasteiger partial charge on any atom is -0.340 e. The van der Waals surface area contributed by atoms with Gasteiger partial charge in [0.1, 0.15) is 5.69 Å². The van der Waals surface area contributed by atoms with Gasteiger partial charge in [0.05, 0.1) is 5.69 Å². The highest BCUT2D eigenvalue weighted by molar-refractivity contribution is 6.30. The lowest BCUT2D eigenvalue weighted by Gasteiger charge is -2.34. The minimum atomic E-state index is 0.0586. The monoisotopic (exact) mass is 388 g/mol. The molecule has 0 bridgehead atoms. The molecule has 2 aromatic rings. The summed E-state index contributed by atoms with van der Waals surface area (Å²) in [6.07, 6.45) is 3.34. The summed E-state index contributed by atoms with van der Waals surface area (Å²) in [6, 6.07) is 9.99. The quantitative estimate of drug-likeness (QED) is 0.761. The predicted octanol–water partition coefficient (Wildman–Crippen LogP) is 3.41. The molecule has 3 rings (SSSR count). The zero-order valence-electron chi connectivity index (χ0n) is 16.5. The van der Waals surface area contributed by atoms with E-state index < -0.39 is 0 Å². The Morgan fingerprint density at radius 1 is 1.26 bits per heavy atom. The first kappa shape index (κ1) is 19.9. The summed E-state index contributed by atoms with van der Waals surface area (Å²) in [4.78, 5) is 17.0. The average Bonchev–Trinajstić information content (AvgIpc) is 3.00. The lowest BCUT2D eigenvalue weighted by atomic mass is 9.96. The van der Waals surface area contributed by atoms with Crippen LogP contribution >= 0.6 is 11.6 Å². The molecular weight excluding hydrogens is 360 g/mol. The molecule has 0 spiro atoms. The fourth-order valence-electron chi connectivity index (χ4n) is 3.81. The predicted molar refractivity (Wildman–Crippen MR) is 109 cm³/mol. The number of hydrogen-bond donors (Lipinski definition) is 0. The normalized spacial score (nSPS) is 15.9. The van der Waals surface area contributed by atoms with E-state index in [1.165, 1.54) is 5.56 Å². The Hall–Kier alpha value is -1.85. The van der Waals surface area contributed by atoms with Crippen LogP contribution in [-0.4, -0.2) is 58.7 Å². The zero-order chi connectivity index (χ0) is 19.4. The number of halogens is 1. The number of carbonyl (C=O) groups is 1. The molecule has 0 N–H and O–H groups in total. The Morgan fingerprint density at radius 3 is 2.52 bits per heavy atom. The van der Waals surface area contributed by atoms with Gasteiger partial charge in [-0.05, 0) is 69.0 Å². The van der Waals surface area contributed by atoms with E-state index in [4.69, 9.17) is 11.6 Å². The summed E-state index contributed by atoms with van der Waals surface area (Å²) in [5, 5.41) is 5.07.